The van der Waals surface area contributed by atoms with E-state index in [0.29, 0.717) is 24.7 Å². The third-order valence-electron chi connectivity index (χ3n) is 4.50. The number of carbonyl (C=O) groups is 1. The zero-order valence-electron chi connectivity index (χ0n) is 14.4. The van der Waals surface area contributed by atoms with Crippen molar-refractivity contribution in [1.29, 1.82) is 0 Å². The number of urea groups is 1. The van der Waals surface area contributed by atoms with E-state index in [1.165, 1.54) is 11.0 Å². The molecule has 0 spiro atoms. The maximum Gasteiger partial charge on any atom is 0.416 e. The number of hydrogen-bond acceptors (Lipinski definition) is 3. The second kappa shape index (κ2) is 7.49. The standard InChI is InChI=1S/C17H16F4N4O3/c18-11-2-1-9(12(5-11)17(19,20)21)7-22-16(28)25-4-3-10(8-25)13-6-14(26)24-15(27)23-13/h1-2,5-6,10H,3-4,7-8H2,(H,22,28)(H2,23,24,26,27). The van der Waals surface area contributed by atoms with Gasteiger partial charge in [-0.2, -0.15) is 13.2 Å². The molecule has 2 amide bonds. The molecule has 1 saturated heterocycles. The number of benzene rings is 1. The number of carbonyl (C=O) groups excluding carboxylic acids is 1. The fourth-order valence-corrected chi connectivity index (χ4v) is 3.16. The summed E-state index contributed by atoms with van der Waals surface area (Å²) in [6.07, 6.45) is -4.26. The second-order valence-corrected chi connectivity index (χ2v) is 6.43. The summed E-state index contributed by atoms with van der Waals surface area (Å²) in [7, 11) is 0. The van der Waals surface area contributed by atoms with Gasteiger partial charge in [0.05, 0.1) is 5.56 Å². The lowest BCUT2D eigenvalue weighted by atomic mass is 10.1. The van der Waals surface area contributed by atoms with Gasteiger partial charge >= 0.3 is 17.9 Å². The van der Waals surface area contributed by atoms with Crippen LogP contribution in [0.5, 0.6) is 0 Å². The lowest BCUT2D eigenvalue weighted by Gasteiger charge is -2.19. The average molecular weight is 400 g/mol. The molecule has 7 nitrogen and oxygen atoms in total. The molecule has 0 saturated carbocycles. The highest BCUT2D eigenvalue weighted by Crippen LogP contribution is 2.32. The molecule has 1 aromatic heterocycles. The van der Waals surface area contributed by atoms with Crippen LogP contribution in [0.1, 0.15) is 29.2 Å². The van der Waals surface area contributed by atoms with E-state index >= 15 is 0 Å². The number of likely N-dealkylation sites (tertiary alicyclic amines) is 1. The van der Waals surface area contributed by atoms with Crippen LogP contribution in [0.4, 0.5) is 22.4 Å². The Morgan fingerprint density at radius 3 is 2.64 bits per heavy atom. The molecular weight excluding hydrogens is 384 g/mol. The minimum Gasteiger partial charge on any atom is -0.334 e. The average Bonchev–Trinajstić information content (AvgIpc) is 3.09. The third kappa shape index (κ3) is 4.41. The molecular formula is C17H16F4N4O3. The Hall–Kier alpha value is -3.11. The van der Waals surface area contributed by atoms with Crippen LogP contribution in [-0.2, 0) is 12.7 Å². The van der Waals surface area contributed by atoms with Gasteiger partial charge in [-0.3, -0.25) is 9.78 Å². The van der Waals surface area contributed by atoms with Crippen LogP contribution >= 0.6 is 0 Å². The molecule has 1 atom stereocenters. The first-order valence-electron chi connectivity index (χ1n) is 8.35. The summed E-state index contributed by atoms with van der Waals surface area (Å²) >= 11 is 0. The van der Waals surface area contributed by atoms with E-state index in [4.69, 9.17) is 0 Å². The topological polar surface area (TPSA) is 98.1 Å². The van der Waals surface area contributed by atoms with Gasteiger partial charge in [0.15, 0.2) is 0 Å². The number of nitrogens with zero attached hydrogens (tertiary/aromatic N) is 1. The third-order valence-corrected chi connectivity index (χ3v) is 4.50. The number of hydrogen-bond donors (Lipinski definition) is 3. The van der Waals surface area contributed by atoms with E-state index < -0.39 is 41.4 Å². The van der Waals surface area contributed by atoms with Crippen molar-refractivity contribution in [2.75, 3.05) is 13.1 Å². The van der Waals surface area contributed by atoms with Crippen LogP contribution < -0.4 is 16.6 Å². The zero-order valence-corrected chi connectivity index (χ0v) is 14.4. The molecule has 0 radical (unpaired) electrons. The Morgan fingerprint density at radius 2 is 1.96 bits per heavy atom. The summed E-state index contributed by atoms with van der Waals surface area (Å²) in [5.74, 6) is -1.28. The maximum atomic E-state index is 13.1. The Morgan fingerprint density at radius 1 is 1.21 bits per heavy atom. The summed E-state index contributed by atoms with van der Waals surface area (Å²) in [4.78, 5) is 41.0. The minimum absolute atomic E-state index is 0.195. The van der Waals surface area contributed by atoms with Crippen LogP contribution in [0.3, 0.4) is 0 Å². The van der Waals surface area contributed by atoms with Gasteiger partial charge in [0, 0.05) is 37.3 Å². The fraction of sp³-hybridized carbons (Fsp3) is 0.353. The molecule has 1 aromatic carbocycles. The van der Waals surface area contributed by atoms with Gasteiger partial charge < -0.3 is 15.2 Å². The highest BCUT2D eigenvalue weighted by molar-refractivity contribution is 5.74. The molecule has 1 unspecified atom stereocenters. The van der Waals surface area contributed by atoms with Crippen molar-refractivity contribution >= 4 is 6.03 Å². The van der Waals surface area contributed by atoms with Gasteiger partial charge in [-0.25, -0.2) is 14.0 Å². The summed E-state index contributed by atoms with van der Waals surface area (Å²) in [6, 6.07) is 2.91. The van der Waals surface area contributed by atoms with Gasteiger partial charge in [-0.05, 0) is 24.1 Å². The Bertz CT molecular complexity index is 971. The Labute approximate surface area is 155 Å². The van der Waals surface area contributed by atoms with E-state index in [1.54, 1.807) is 0 Å². The largest absolute Gasteiger partial charge is 0.416 e. The highest BCUT2D eigenvalue weighted by atomic mass is 19.4. The smallest absolute Gasteiger partial charge is 0.334 e. The maximum absolute atomic E-state index is 13.1. The van der Waals surface area contributed by atoms with Gasteiger partial charge in [-0.15, -0.1) is 0 Å². The quantitative estimate of drug-likeness (QED) is 0.687. The van der Waals surface area contributed by atoms with Crippen LogP contribution in [0.15, 0.2) is 33.9 Å². The zero-order chi connectivity index (χ0) is 20.5. The van der Waals surface area contributed by atoms with Crippen LogP contribution in [0.25, 0.3) is 0 Å². The fourth-order valence-electron chi connectivity index (χ4n) is 3.16. The SMILES string of the molecule is O=C(NCc1ccc(F)cc1C(F)(F)F)N1CCC(c2cc(=O)[nH]c(=O)[nH]2)C1. The second-order valence-electron chi connectivity index (χ2n) is 6.43. The number of nitrogens with one attached hydrogen (secondary N) is 3. The van der Waals surface area contributed by atoms with E-state index in [0.717, 1.165) is 12.1 Å². The van der Waals surface area contributed by atoms with Crippen molar-refractivity contribution in [1.82, 2.24) is 20.2 Å². The number of rotatable bonds is 3. The first kappa shape index (κ1) is 19.6. The number of alkyl halides is 3. The summed E-state index contributed by atoms with van der Waals surface area (Å²) in [6.45, 7) is 0.0820. The highest BCUT2D eigenvalue weighted by Gasteiger charge is 2.34. The number of aromatic amines is 2. The van der Waals surface area contributed by atoms with Crippen LogP contribution in [0, 0.1) is 5.82 Å². The monoisotopic (exact) mass is 400 g/mol. The molecule has 1 aliphatic rings. The number of halogens is 4. The van der Waals surface area contributed by atoms with Crippen molar-refractivity contribution in [3.63, 3.8) is 0 Å². The molecule has 3 rings (SSSR count). The van der Waals surface area contributed by atoms with E-state index in [-0.39, 0.29) is 18.0 Å². The van der Waals surface area contributed by atoms with Gasteiger partial charge in [0.25, 0.3) is 5.56 Å². The Kier molecular flexibility index (Phi) is 5.25. The molecule has 11 heteroatoms. The predicted octanol–water partition coefficient (Wildman–Crippen LogP) is 1.92. The van der Waals surface area contributed by atoms with Crippen molar-refractivity contribution < 1.29 is 22.4 Å². The first-order chi connectivity index (χ1) is 13.1. The number of H-pyrrole nitrogens is 2. The lowest BCUT2D eigenvalue weighted by molar-refractivity contribution is -0.138. The molecule has 0 aliphatic carbocycles. The van der Waals surface area contributed by atoms with E-state index in [2.05, 4.69) is 10.3 Å². The van der Waals surface area contributed by atoms with Crippen molar-refractivity contribution in [2.24, 2.45) is 0 Å². The van der Waals surface area contributed by atoms with Crippen LogP contribution in [-0.4, -0.2) is 34.0 Å². The Balaban J connectivity index is 1.65. The molecule has 28 heavy (non-hydrogen) atoms. The molecule has 2 heterocycles. The van der Waals surface area contributed by atoms with Gasteiger partial charge in [0.2, 0.25) is 0 Å². The van der Waals surface area contributed by atoms with Gasteiger partial charge in [0.1, 0.15) is 5.82 Å². The van der Waals surface area contributed by atoms with Gasteiger partial charge in [-0.1, -0.05) is 6.07 Å². The predicted molar refractivity (Wildman–Crippen MR) is 90.3 cm³/mol. The number of amides is 2. The molecule has 1 fully saturated rings. The van der Waals surface area contributed by atoms with Crippen molar-refractivity contribution in [2.45, 2.75) is 25.1 Å². The molecule has 150 valence electrons. The molecule has 3 N–H and O–H groups in total. The molecule has 0 bridgehead atoms. The van der Waals surface area contributed by atoms with Crippen LogP contribution in [0.2, 0.25) is 0 Å². The van der Waals surface area contributed by atoms with Crippen molar-refractivity contribution in [3.05, 3.63) is 67.7 Å². The summed E-state index contributed by atoms with van der Waals surface area (Å²) < 4.78 is 52.2. The summed E-state index contributed by atoms with van der Waals surface area (Å²) in [5.41, 5.74) is -2.22. The molecule has 1 aliphatic heterocycles. The van der Waals surface area contributed by atoms with Crippen molar-refractivity contribution in [3.8, 4) is 0 Å². The van der Waals surface area contributed by atoms with E-state index in [1.807, 2.05) is 4.98 Å². The minimum atomic E-state index is -4.74. The lowest BCUT2D eigenvalue weighted by Crippen LogP contribution is -2.38. The molecule has 2 aromatic rings. The number of aromatic nitrogens is 2. The van der Waals surface area contributed by atoms with E-state index in [9.17, 15) is 31.9 Å². The normalized spacial score (nSPS) is 17.0. The first-order valence-corrected chi connectivity index (χ1v) is 8.35. The summed E-state index contributed by atoms with van der Waals surface area (Å²) in [5, 5.41) is 2.39.